The Labute approximate surface area is 367 Å². The van der Waals surface area contributed by atoms with Crippen LogP contribution >= 0.6 is 78.3 Å². The number of benzene rings is 5. The maximum absolute atomic E-state index is 15.5. The van der Waals surface area contributed by atoms with Crippen LogP contribution < -0.4 is 16.6 Å². The summed E-state index contributed by atoms with van der Waals surface area (Å²) in [4.78, 5) is 30.5. The van der Waals surface area contributed by atoms with Crippen molar-refractivity contribution in [2.45, 2.75) is 36.8 Å². The number of hydrazone groups is 2. The third kappa shape index (κ3) is 8.76. The summed E-state index contributed by atoms with van der Waals surface area (Å²) in [6, 6.07) is 24.2. The fourth-order valence-electron chi connectivity index (χ4n) is 7.21. The van der Waals surface area contributed by atoms with Gasteiger partial charge in [-0.25, -0.2) is 0 Å². The molecule has 298 valence electrons. The number of carbonyl (C=O) groups is 2. The quantitative estimate of drug-likeness (QED) is 0.129. The van der Waals surface area contributed by atoms with E-state index in [-0.39, 0.29) is 49.4 Å². The first-order valence-corrected chi connectivity index (χ1v) is 20.6. The number of hydrogen-bond donors (Lipinski definition) is 3. The predicted octanol–water partition coefficient (Wildman–Crippen LogP) is 11.7. The lowest BCUT2D eigenvalue weighted by atomic mass is 9.82. The summed E-state index contributed by atoms with van der Waals surface area (Å²) in [6.45, 7) is 0. The van der Waals surface area contributed by atoms with Crippen molar-refractivity contribution >= 4 is 102 Å². The van der Waals surface area contributed by atoms with Gasteiger partial charge in [-0.3, -0.25) is 9.59 Å². The minimum Gasteiger partial charge on any atom is -0.369 e. The molecule has 5 aromatic rings. The molecule has 2 heterocycles. The van der Waals surface area contributed by atoms with Crippen molar-refractivity contribution in [3.05, 3.63) is 172 Å². The summed E-state index contributed by atoms with van der Waals surface area (Å²) in [5, 5.41) is 10.2. The fraction of sp³-hybridized carbons (Fsp3) is 0.171. The molecular formula is C41H29Br2Cl4F3N6O2. The molecule has 0 saturated carbocycles. The molecule has 0 spiro atoms. The molecule has 7 rings (SSSR count). The number of amides is 2. The number of hydrogen-bond acceptors (Lipinski definition) is 6. The van der Waals surface area contributed by atoms with Crippen molar-refractivity contribution in [2.75, 3.05) is 0 Å². The van der Waals surface area contributed by atoms with E-state index in [9.17, 15) is 18.0 Å². The van der Waals surface area contributed by atoms with Crippen LogP contribution in [0.15, 0.2) is 128 Å². The summed E-state index contributed by atoms with van der Waals surface area (Å²) in [7, 11) is 0. The van der Waals surface area contributed by atoms with Crippen molar-refractivity contribution in [2.24, 2.45) is 21.9 Å². The maximum atomic E-state index is 15.5. The first-order chi connectivity index (χ1) is 27.6. The van der Waals surface area contributed by atoms with E-state index in [1.165, 1.54) is 23.1 Å². The molecule has 0 fully saturated rings. The highest BCUT2D eigenvalue weighted by Gasteiger charge is 2.49. The predicted molar refractivity (Wildman–Crippen MR) is 228 cm³/mol. The van der Waals surface area contributed by atoms with Gasteiger partial charge in [0.2, 0.25) is 5.91 Å². The standard InChI is InChI=1S/C41H29Br2Cl4F3N6O2/c42-24-8-4-20(5-9-24)32-19-33(53-52-32)37(28-14-12-26(44)17-30(28)46)56(40(58)22-2-1-3-23(16-22)41(48,49)50)38(29-15-13-27(45)18-31(29)47)36-34(39(51)57)35(54-55-36)21-6-10-25(43)11-7-21/h1-18,32,34-35,37-38,52,54H,19H2,(H2,51,57). The Hall–Kier alpha value is -4.11. The summed E-state index contributed by atoms with van der Waals surface area (Å²) >= 11 is 33.7. The Balaban J connectivity index is 1.50. The van der Waals surface area contributed by atoms with Crippen LogP contribution in [0, 0.1) is 5.92 Å². The van der Waals surface area contributed by atoms with Gasteiger partial charge in [0.05, 0.1) is 29.1 Å². The third-order valence-electron chi connectivity index (χ3n) is 9.91. The van der Waals surface area contributed by atoms with Crippen LogP contribution in [0.5, 0.6) is 0 Å². The van der Waals surface area contributed by atoms with E-state index in [0.717, 1.165) is 32.7 Å². The second-order valence-electron chi connectivity index (χ2n) is 13.5. The van der Waals surface area contributed by atoms with Crippen LogP contribution in [0.2, 0.25) is 20.1 Å². The number of carbonyl (C=O) groups excluding carboxylic acids is 2. The van der Waals surface area contributed by atoms with Gasteiger partial charge in [0, 0.05) is 41.0 Å². The first kappa shape index (κ1) is 42.0. The lowest BCUT2D eigenvalue weighted by Crippen LogP contribution is -2.47. The average Bonchev–Trinajstić information content (AvgIpc) is 3.85. The average molecular weight is 996 g/mol. The molecule has 58 heavy (non-hydrogen) atoms. The zero-order valence-corrected chi connectivity index (χ0v) is 35.8. The molecule has 5 aromatic carbocycles. The molecule has 2 aliphatic rings. The Morgan fingerprint density at radius 3 is 1.86 bits per heavy atom. The Morgan fingerprint density at radius 2 is 1.31 bits per heavy atom. The molecule has 8 nitrogen and oxygen atoms in total. The highest BCUT2D eigenvalue weighted by Crippen LogP contribution is 2.46. The van der Waals surface area contributed by atoms with E-state index in [0.29, 0.717) is 16.8 Å². The van der Waals surface area contributed by atoms with Crippen LogP contribution in [0.4, 0.5) is 13.2 Å². The van der Waals surface area contributed by atoms with Crippen LogP contribution in [0.25, 0.3) is 0 Å². The van der Waals surface area contributed by atoms with Crippen molar-refractivity contribution in [3.63, 3.8) is 0 Å². The highest BCUT2D eigenvalue weighted by atomic mass is 79.9. The van der Waals surface area contributed by atoms with E-state index < -0.39 is 47.6 Å². The largest absolute Gasteiger partial charge is 0.416 e. The zero-order valence-electron chi connectivity index (χ0n) is 29.6. The summed E-state index contributed by atoms with van der Waals surface area (Å²) in [5.74, 6) is -2.91. The second-order valence-corrected chi connectivity index (χ2v) is 17.1. The van der Waals surface area contributed by atoms with Gasteiger partial charge in [-0.05, 0) is 89.0 Å². The summed E-state index contributed by atoms with van der Waals surface area (Å²) in [6.07, 6.45) is -4.57. The van der Waals surface area contributed by atoms with E-state index in [1.54, 1.807) is 48.5 Å². The lowest BCUT2D eigenvalue weighted by molar-refractivity contribution is -0.137. The minimum atomic E-state index is -4.79. The molecule has 17 heteroatoms. The number of rotatable bonds is 10. The molecule has 0 bridgehead atoms. The number of primary amides is 1. The number of nitrogens with one attached hydrogen (secondary N) is 2. The summed E-state index contributed by atoms with van der Waals surface area (Å²) in [5.41, 5.74) is 13.5. The number of nitrogens with zero attached hydrogens (tertiary/aromatic N) is 3. The molecule has 0 aliphatic carbocycles. The first-order valence-electron chi connectivity index (χ1n) is 17.5. The smallest absolute Gasteiger partial charge is 0.369 e. The van der Waals surface area contributed by atoms with E-state index in [4.69, 9.17) is 62.3 Å². The zero-order chi connectivity index (χ0) is 41.5. The van der Waals surface area contributed by atoms with Gasteiger partial charge in [-0.15, -0.1) is 0 Å². The third-order valence-corrected chi connectivity index (χ3v) is 12.1. The van der Waals surface area contributed by atoms with E-state index >= 15 is 4.79 Å². The van der Waals surface area contributed by atoms with Gasteiger partial charge in [-0.2, -0.15) is 23.4 Å². The van der Waals surface area contributed by atoms with Crippen molar-refractivity contribution < 1.29 is 22.8 Å². The van der Waals surface area contributed by atoms with Gasteiger partial charge < -0.3 is 21.5 Å². The van der Waals surface area contributed by atoms with Gasteiger partial charge in [0.25, 0.3) is 5.91 Å². The lowest BCUT2D eigenvalue weighted by Gasteiger charge is -2.40. The monoisotopic (exact) mass is 992 g/mol. The molecule has 0 radical (unpaired) electrons. The molecular weight excluding hydrogens is 967 g/mol. The Morgan fingerprint density at radius 1 is 0.741 bits per heavy atom. The van der Waals surface area contributed by atoms with Crippen LogP contribution in [-0.2, 0) is 11.0 Å². The van der Waals surface area contributed by atoms with Crippen molar-refractivity contribution in [1.82, 2.24) is 15.8 Å². The van der Waals surface area contributed by atoms with Crippen molar-refractivity contribution in [1.29, 1.82) is 0 Å². The fourth-order valence-corrected chi connectivity index (χ4v) is 8.76. The molecule has 2 aliphatic heterocycles. The summed E-state index contributed by atoms with van der Waals surface area (Å²) < 4.78 is 44.4. The number of halogens is 9. The Kier molecular flexibility index (Phi) is 12.5. The van der Waals surface area contributed by atoms with E-state index in [2.05, 4.69) is 42.7 Å². The van der Waals surface area contributed by atoms with Crippen molar-refractivity contribution in [3.8, 4) is 0 Å². The topological polar surface area (TPSA) is 112 Å². The van der Waals surface area contributed by atoms with Crippen LogP contribution in [0.1, 0.15) is 68.8 Å². The SMILES string of the molecule is NC(=O)C1C(C(c2ccc(Cl)cc2Cl)N(C(=O)c2cccc(C(F)(F)F)c2)C(C2=NNC(c3ccc(Br)cc3)C2)c2ccc(Cl)cc2Cl)=NNC1c1ccc(Br)cc1. The molecule has 2 amide bonds. The van der Waals surface area contributed by atoms with Gasteiger partial charge in [0.1, 0.15) is 18.0 Å². The highest BCUT2D eigenvalue weighted by molar-refractivity contribution is 9.10. The second kappa shape index (κ2) is 17.2. The van der Waals surface area contributed by atoms with Crippen LogP contribution in [0.3, 0.4) is 0 Å². The molecule has 0 aromatic heterocycles. The van der Waals surface area contributed by atoms with E-state index in [1.807, 2.05) is 24.3 Å². The van der Waals surface area contributed by atoms with Gasteiger partial charge >= 0.3 is 6.18 Å². The number of nitrogens with two attached hydrogens (primary N) is 1. The minimum absolute atomic E-state index is 0.0519. The molecule has 0 saturated heterocycles. The normalized spacial score (nSPS) is 18.7. The Bertz CT molecular complexity index is 2450. The molecule has 5 unspecified atom stereocenters. The molecule has 4 N–H and O–H groups in total. The molecule has 5 atom stereocenters. The number of alkyl halides is 3. The van der Waals surface area contributed by atoms with Gasteiger partial charge in [0.15, 0.2) is 0 Å². The maximum Gasteiger partial charge on any atom is 0.416 e. The van der Waals surface area contributed by atoms with Gasteiger partial charge in [-0.1, -0.05) is 121 Å². The van der Waals surface area contributed by atoms with Crippen LogP contribution in [-0.4, -0.2) is 28.1 Å².